The molecule has 1 saturated heterocycles. The molecule has 5 rings (SSSR count). The van der Waals surface area contributed by atoms with Crippen molar-refractivity contribution in [3.63, 3.8) is 0 Å². The summed E-state index contributed by atoms with van der Waals surface area (Å²) in [4.78, 5) is 22.3. The number of rotatable bonds is 4. The first kappa shape index (κ1) is 23.1. The Morgan fingerprint density at radius 1 is 1.36 bits per heavy atom. The highest BCUT2D eigenvalue weighted by molar-refractivity contribution is 5.84. The summed E-state index contributed by atoms with van der Waals surface area (Å²) in [7, 11) is 1.70. The third-order valence-corrected chi connectivity index (χ3v) is 8.29. The molecule has 3 fully saturated rings. The van der Waals surface area contributed by atoms with E-state index in [0.29, 0.717) is 56.0 Å². The summed E-state index contributed by atoms with van der Waals surface area (Å²) >= 11 is 0. The fourth-order valence-electron chi connectivity index (χ4n) is 6.76. The molecule has 1 amide bonds. The Bertz CT molecular complexity index is 893. The van der Waals surface area contributed by atoms with E-state index in [4.69, 9.17) is 9.47 Å². The van der Waals surface area contributed by atoms with E-state index in [9.17, 15) is 18.0 Å². The maximum atomic E-state index is 13.9. The molecule has 4 atom stereocenters. The fraction of sp³-hybridized carbons (Fsp3) is 0.750. The predicted molar refractivity (Wildman–Crippen MR) is 114 cm³/mol. The van der Waals surface area contributed by atoms with Gasteiger partial charge in [-0.15, -0.1) is 0 Å². The minimum Gasteiger partial charge on any atom is -0.383 e. The van der Waals surface area contributed by atoms with Crippen LogP contribution in [0.1, 0.15) is 48.9 Å². The molecule has 9 heteroatoms. The van der Waals surface area contributed by atoms with E-state index in [1.807, 2.05) is 0 Å². The molecule has 2 aliphatic heterocycles. The fourth-order valence-corrected chi connectivity index (χ4v) is 6.76. The number of halogens is 3. The van der Waals surface area contributed by atoms with Crippen molar-refractivity contribution in [2.24, 2.45) is 11.3 Å². The van der Waals surface area contributed by atoms with Crippen LogP contribution in [-0.2, 0) is 33.4 Å². The second kappa shape index (κ2) is 8.82. The molecule has 0 radical (unpaired) electrons. The second-order valence-electron chi connectivity index (χ2n) is 10.1. The number of morpholine rings is 1. The number of aromatic nitrogens is 1. The zero-order chi connectivity index (χ0) is 23.2. The molecule has 1 aromatic rings. The number of carbonyl (C=O) groups is 1. The lowest BCUT2D eigenvalue weighted by Crippen LogP contribution is -2.53. The van der Waals surface area contributed by atoms with Crippen molar-refractivity contribution < 1.29 is 27.4 Å². The van der Waals surface area contributed by atoms with Crippen LogP contribution in [-0.4, -0.2) is 72.8 Å². The van der Waals surface area contributed by atoms with Crippen LogP contribution in [0.4, 0.5) is 13.2 Å². The molecule has 0 unspecified atom stereocenters. The van der Waals surface area contributed by atoms with Gasteiger partial charge in [0.2, 0.25) is 5.91 Å². The highest BCUT2D eigenvalue weighted by Gasteiger charge is 2.57. The van der Waals surface area contributed by atoms with E-state index in [1.165, 1.54) is 6.07 Å². The maximum absolute atomic E-state index is 13.9. The molecule has 4 aliphatic rings. The van der Waals surface area contributed by atoms with Gasteiger partial charge in [0.05, 0.1) is 36.8 Å². The van der Waals surface area contributed by atoms with Crippen LogP contribution in [0.3, 0.4) is 0 Å². The number of pyridine rings is 1. The minimum atomic E-state index is -4.43. The Morgan fingerprint density at radius 2 is 2.21 bits per heavy atom. The zero-order valence-corrected chi connectivity index (χ0v) is 19.1. The quantitative estimate of drug-likeness (QED) is 0.680. The molecule has 182 valence electrons. The smallest absolute Gasteiger partial charge is 0.383 e. The number of hydrogen-bond acceptors (Lipinski definition) is 5. The van der Waals surface area contributed by atoms with E-state index in [0.717, 1.165) is 44.8 Å². The molecule has 0 aromatic carbocycles. The van der Waals surface area contributed by atoms with Crippen LogP contribution in [0.2, 0.25) is 0 Å². The van der Waals surface area contributed by atoms with E-state index < -0.39 is 17.2 Å². The number of amides is 1. The second-order valence-corrected chi connectivity index (χ2v) is 10.1. The van der Waals surface area contributed by atoms with E-state index in [2.05, 4.69) is 9.88 Å². The third kappa shape index (κ3) is 4.17. The van der Waals surface area contributed by atoms with Crippen LogP contribution in [0.5, 0.6) is 0 Å². The Hall–Kier alpha value is -1.71. The molecule has 0 N–H and O–H groups in total. The molecule has 2 aliphatic carbocycles. The van der Waals surface area contributed by atoms with Gasteiger partial charge >= 0.3 is 6.18 Å². The van der Waals surface area contributed by atoms with Gasteiger partial charge in [-0.05, 0) is 43.2 Å². The van der Waals surface area contributed by atoms with Crippen molar-refractivity contribution in [2.75, 3.05) is 40.0 Å². The average Bonchev–Trinajstić information content (AvgIpc) is 3.36. The van der Waals surface area contributed by atoms with Crippen molar-refractivity contribution in [3.8, 4) is 0 Å². The third-order valence-electron chi connectivity index (χ3n) is 8.29. The lowest BCUT2D eigenvalue weighted by Gasteiger charge is -2.41. The van der Waals surface area contributed by atoms with Crippen molar-refractivity contribution in [2.45, 2.75) is 63.3 Å². The lowest BCUT2D eigenvalue weighted by molar-refractivity contribution is -0.144. The molecule has 33 heavy (non-hydrogen) atoms. The van der Waals surface area contributed by atoms with E-state index >= 15 is 0 Å². The van der Waals surface area contributed by atoms with Gasteiger partial charge in [0, 0.05) is 51.1 Å². The van der Waals surface area contributed by atoms with Crippen LogP contribution in [0, 0.1) is 11.3 Å². The predicted octanol–water partition coefficient (Wildman–Crippen LogP) is 3.28. The van der Waals surface area contributed by atoms with Gasteiger partial charge in [0.25, 0.3) is 0 Å². The Balaban J connectivity index is 1.35. The first-order valence-corrected chi connectivity index (χ1v) is 12.0. The number of methoxy groups -OCH3 is 1. The number of ether oxygens (including phenoxy) is 2. The van der Waals surface area contributed by atoms with E-state index in [-0.39, 0.29) is 18.5 Å². The summed E-state index contributed by atoms with van der Waals surface area (Å²) in [6.45, 7) is 3.53. The summed E-state index contributed by atoms with van der Waals surface area (Å²) in [5.41, 5.74) is 0.0587. The Labute approximate surface area is 192 Å². The molecule has 3 heterocycles. The van der Waals surface area contributed by atoms with Gasteiger partial charge < -0.3 is 14.4 Å². The number of hydrogen-bond donors (Lipinski definition) is 0. The van der Waals surface area contributed by atoms with Gasteiger partial charge in [-0.2, -0.15) is 13.2 Å². The number of carbonyl (C=O) groups excluding carboxylic acids is 1. The van der Waals surface area contributed by atoms with Crippen LogP contribution >= 0.6 is 0 Å². The average molecular weight is 468 g/mol. The summed E-state index contributed by atoms with van der Waals surface area (Å²) in [5, 5.41) is 0. The maximum Gasteiger partial charge on any atom is 0.417 e. The number of nitrogens with zero attached hydrogens (tertiary/aromatic N) is 3. The summed E-state index contributed by atoms with van der Waals surface area (Å²) in [5.74, 6) is 0.467. The topological polar surface area (TPSA) is 54.9 Å². The molecule has 0 spiro atoms. The molecule has 1 aromatic heterocycles. The summed E-state index contributed by atoms with van der Waals surface area (Å²) in [6, 6.07) is 1.69. The molecule has 0 bridgehead atoms. The van der Waals surface area contributed by atoms with Crippen LogP contribution in [0.15, 0.2) is 12.3 Å². The molecule has 6 nitrogen and oxygen atoms in total. The number of fused-ring (bicyclic) bond motifs is 2. The van der Waals surface area contributed by atoms with Crippen molar-refractivity contribution in [3.05, 3.63) is 29.1 Å². The van der Waals surface area contributed by atoms with Gasteiger partial charge in [0.15, 0.2) is 0 Å². The Morgan fingerprint density at radius 3 is 3.00 bits per heavy atom. The monoisotopic (exact) mass is 467 g/mol. The molecule has 2 saturated carbocycles. The molecular weight excluding hydrogens is 435 g/mol. The molecular formula is C24H32F3N3O3. The van der Waals surface area contributed by atoms with Crippen LogP contribution in [0.25, 0.3) is 0 Å². The van der Waals surface area contributed by atoms with Gasteiger partial charge in [-0.1, -0.05) is 6.42 Å². The summed E-state index contributed by atoms with van der Waals surface area (Å²) in [6.07, 6.45) is 1.75. The van der Waals surface area contributed by atoms with Gasteiger partial charge in [-0.25, -0.2) is 0 Å². The summed E-state index contributed by atoms with van der Waals surface area (Å²) < 4.78 is 50.7. The normalized spacial score (nSPS) is 32.6. The van der Waals surface area contributed by atoms with E-state index in [1.54, 1.807) is 12.0 Å². The van der Waals surface area contributed by atoms with Crippen molar-refractivity contribution >= 4 is 5.91 Å². The largest absolute Gasteiger partial charge is 0.417 e. The minimum absolute atomic E-state index is 0.132. The van der Waals surface area contributed by atoms with Crippen LogP contribution < -0.4 is 0 Å². The first-order chi connectivity index (χ1) is 15.8. The van der Waals surface area contributed by atoms with Crippen molar-refractivity contribution in [1.29, 1.82) is 0 Å². The standard InChI is InChI=1S/C24H32F3N3O3/c1-32-14-20-15-33-8-7-30(20)19-10-17-3-2-5-23(17,11-19)22(31)29-6-4-21-16(13-29)9-18(12-28-21)24(25,26)27/h9,12,17,19-20H,2-8,10-11,13-15H2,1H3/t17-,19+,20+,23-/m1/s1. The first-order valence-electron chi connectivity index (χ1n) is 12.0. The SMILES string of the molecule is COC[C@H]1COCCN1[C@H]1C[C@H]2CCC[C@@]2(C(=O)N2CCc3ncc(C(F)(F)F)cc3C2)C1. The Kier molecular flexibility index (Phi) is 6.16. The van der Waals surface area contributed by atoms with Gasteiger partial charge in [0.1, 0.15) is 0 Å². The lowest BCUT2D eigenvalue weighted by atomic mass is 9.78. The van der Waals surface area contributed by atoms with Crippen molar-refractivity contribution in [1.82, 2.24) is 14.8 Å². The highest BCUT2D eigenvalue weighted by atomic mass is 19.4. The number of alkyl halides is 3. The van der Waals surface area contributed by atoms with Gasteiger partial charge in [-0.3, -0.25) is 14.7 Å². The highest BCUT2D eigenvalue weighted by Crippen LogP contribution is 2.56. The zero-order valence-electron chi connectivity index (χ0n) is 19.1.